The van der Waals surface area contributed by atoms with E-state index in [-0.39, 0.29) is 34.6 Å². The molecule has 8 nitrogen and oxygen atoms in total. The minimum atomic E-state index is -3.77. The summed E-state index contributed by atoms with van der Waals surface area (Å²) in [6.07, 6.45) is 4.03. The van der Waals surface area contributed by atoms with Gasteiger partial charge in [0.05, 0.1) is 7.11 Å². The van der Waals surface area contributed by atoms with Gasteiger partial charge in [0, 0.05) is 37.7 Å². The van der Waals surface area contributed by atoms with E-state index >= 15 is 0 Å². The molecule has 0 radical (unpaired) electrons. The Morgan fingerprint density at radius 1 is 1.10 bits per heavy atom. The van der Waals surface area contributed by atoms with Gasteiger partial charge in [-0.15, -0.1) is 0 Å². The van der Waals surface area contributed by atoms with Crippen LogP contribution >= 0.6 is 0 Å². The van der Waals surface area contributed by atoms with Gasteiger partial charge in [-0.05, 0) is 31.0 Å². The number of carbonyl (C=O) groups is 2. The van der Waals surface area contributed by atoms with E-state index in [2.05, 4.69) is 10.6 Å². The number of amides is 2. The molecule has 162 valence electrons. The molecule has 0 spiro atoms. The fourth-order valence-electron chi connectivity index (χ4n) is 3.52. The third-order valence-electron chi connectivity index (χ3n) is 5.18. The molecule has 0 aromatic heterocycles. The van der Waals surface area contributed by atoms with Crippen molar-refractivity contribution in [2.75, 3.05) is 33.3 Å². The van der Waals surface area contributed by atoms with Crippen molar-refractivity contribution < 1.29 is 22.7 Å². The van der Waals surface area contributed by atoms with Crippen molar-refractivity contribution in [3.05, 3.63) is 23.8 Å². The number of rotatable bonds is 10. The van der Waals surface area contributed by atoms with E-state index in [4.69, 9.17) is 4.74 Å². The first kappa shape index (κ1) is 23.2. The number of methoxy groups -OCH3 is 1. The van der Waals surface area contributed by atoms with Crippen LogP contribution in [-0.2, 0) is 14.8 Å². The van der Waals surface area contributed by atoms with Crippen molar-refractivity contribution in [2.45, 2.75) is 44.4 Å². The molecule has 0 unspecified atom stereocenters. The first-order valence-corrected chi connectivity index (χ1v) is 11.5. The van der Waals surface area contributed by atoms with Gasteiger partial charge in [-0.2, -0.15) is 4.31 Å². The van der Waals surface area contributed by atoms with Crippen LogP contribution in [-0.4, -0.2) is 57.8 Å². The lowest BCUT2D eigenvalue weighted by Gasteiger charge is -2.20. The van der Waals surface area contributed by atoms with Gasteiger partial charge in [0.2, 0.25) is 15.9 Å². The molecule has 1 saturated carbocycles. The van der Waals surface area contributed by atoms with Gasteiger partial charge in [-0.1, -0.05) is 26.7 Å². The second-order valence-corrected chi connectivity index (χ2v) is 8.89. The lowest BCUT2D eigenvalue weighted by Crippen LogP contribution is -2.37. The van der Waals surface area contributed by atoms with Gasteiger partial charge < -0.3 is 15.4 Å². The van der Waals surface area contributed by atoms with Crippen LogP contribution in [0, 0.1) is 5.92 Å². The van der Waals surface area contributed by atoms with Crippen LogP contribution in [0.3, 0.4) is 0 Å². The molecule has 0 aliphatic heterocycles. The zero-order valence-electron chi connectivity index (χ0n) is 17.4. The average molecular weight is 426 g/mol. The van der Waals surface area contributed by atoms with Crippen LogP contribution < -0.4 is 15.4 Å². The van der Waals surface area contributed by atoms with Crippen molar-refractivity contribution in [3.8, 4) is 5.75 Å². The second kappa shape index (κ2) is 10.6. The van der Waals surface area contributed by atoms with Gasteiger partial charge in [0.1, 0.15) is 10.6 Å². The molecule has 2 amide bonds. The first-order valence-electron chi connectivity index (χ1n) is 10.1. The molecule has 0 atom stereocenters. The number of nitrogens with zero attached hydrogens (tertiary/aromatic N) is 1. The third kappa shape index (κ3) is 5.70. The van der Waals surface area contributed by atoms with Gasteiger partial charge in [-0.25, -0.2) is 8.42 Å². The highest BCUT2D eigenvalue weighted by molar-refractivity contribution is 7.89. The molecular weight excluding hydrogens is 394 g/mol. The lowest BCUT2D eigenvalue weighted by molar-refractivity contribution is -0.124. The number of carbonyl (C=O) groups excluding carboxylic acids is 2. The smallest absolute Gasteiger partial charge is 0.251 e. The van der Waals surface area contributed by atoms with Gasteiger partial charge in [-0.3, -0.25) is 9.59 Å². The fraction of sp³-hybridized carbons (Fsp3) is 0.600. The Bertz CT molecular complexity index is 815. The minimum absolute atomic E-state index is 0.0359. The maximum atomic E-state index is 12.9. The highest BCUT2D eigenvalue weighted by Crippen LogP contribution is 2.28. The molecule has 9 heteroatoms. The van der Waals surface area contributed by atoms with E-state index in [0.29, 0.717) is 19.6 Å². The number of nitrogens with one attached hydrogen (secondary N) is 2. The van der Waals surface area contributed by atoms with Crippen LogP contribution in [0.15, 0.2) is 23.1 Å². The monoisotopic (exact) mass is 425 g/mol. The normalized spacial score (nSPS) is 14.8. The summed E-state index contributed by atoms with van der Waals surface area (Å²) in [6, 6.07) is 4.33. The Labute approximate surface area is 173 Å². The minimum Gasteiger partial charge on any atom is -0.495 e. The maximum Gasteiger partial charge on any atom is 0.251 e. The van der Waals surface area contributed by atoms with Crippen molar-refractivity contribution >= 4 is 21.8 Å². The van der Waals surface area contributed by atoms with E-state index in [9.17, 15) is 18.0 Å². The predicted octanol–water partition coefficient (Wildman–Crippen LogP) is 1.76. The van der Waals surface area contributed by atoms with Crippen molar-refractivity contribution in [1.82, 2.24) is 14.9 Å². The van der Waals surface area contributed by atoms with Crippen molar-refractivity contribution in [2.24, 2.45) is 5.92 Å². The Hall–Kier alpha value is -2.13. The summed E-state index contributed by atoms with van der Waals surface area (Å²) < 4.78 is 32.3. The van der Waals surface area contributed by atoms with E-state index in [1.54, 1.807) is 13.8 Å². The van der Waals surface area contributed by atoms with Crippen molar-refractivity contribution in [1.29, 1.82) is 0 Å². The van der Waals surface area contributed by atoms with Gasteiger partial charge in [0.15, 0.2) is 0 Å². The van der Waals surface area contributed by atoms with Crippen LogP contribution in [0.2, 0.25) is 0 Å². The summed E-state index contributed by atoms with van der Waals surface area (Å²) in [5, 5.41) is 5.55. The van der Waals surface area contributed by atoms with E-state index < -0.39 is 15.9 Å². The topological polar surface area (TPSA) is 105 Å². The van der Waals surface area contributed by atoms with E-state index in [1.165, 1.54) is 29.6 Å². The molecule has 0 heterocycles. The standard InChI is InChI=1S/C20H31N3O5S/c1-4-23(5-2)29(26,27)18-14-16(10-11-17(18)28-3)20(25)22-13-12-21-19(24)15-8-6-7-9-15/h10-11,14-15H,4-9,12-13H2,1-3H3,(H,21,24)(H,22,25). The van der Waals surface area contributed by atoms with Crippen molar-refractivity contribution in [3.63, 3.8) is 0 Å². The molecule has 0 bridgehead atoms. The Morgan fingerprint density at radius 3 is 2.31 bits per heavy atom. The largest absolute Gasteiger partial charge is 0.495 e. The zero-order chi connectivity index (χ0) is 21.4. The van der Waals surface area contributed by atoms with Crippen LogP contribution in [0.5, 0.6) is 5.75 Å². The Kier molecular flexibility index (Phi) is 8.45. The molecule has 0 saturated heterocycles. The maximum absolute atomic E-state index is 12.9. The lowest BCUT2D eigenvalue weighted by atomic mass is 10.1. The quantitative estimate of drug-likeness (QED) is 0.556. The predicted molar refractivity (Wildman–Crippen MR) is 110 cm³/mol. The van der Waals surface area contributed by atoms with E-state index in [1.807, 2.05) is 0 Å². The van der Waals surface area contributed by atoms with Crippen LogP contribution in [0.1, 0.15) is 49.9 Å². The summed E-state index contributed by atoms with van der Waals surface area (Å²) in [5.41, 5.74) is 0.221. The van der Waals surface area contributed by atoms with E-state index in [0.717, 1.165) is 25.7 Å². The molecule has 2 N–H and O–H groups in total. The number of hydrogen-bond donors (Lipinski definition) is 2. The van der Waals surface area contributed by atoms with Gasteiger partial charge >= 0.3 is 0 Å². The molecule has 2 rings (SSSR count). The van der Waals surface area contributed by atoms with Crippen LogP contribution in [0.25, 0.3) is 0 Å². The Balaban J connectivity index is 2.02. The Morgan fingerprint density at radius 2 is 1.72 bits per heavy atom. The third-order valence-corrected chi connectivity index (χ3v) is 7.26. The number of sulfonamides is 1. The highest BCUT2D eigenvalue weighted by atomic mass is 32.2. The molecule has 1 aromatic rings. The SMILES string of the molecule is CCN(CC)S(=O)(=O)c1cc(C(=O)NCCNC(=O)C2CCCC2)ccc1OC. The summed E-state index contributed by atoms with van der Waals surface area (Å²) in [7, 11) is -2.38. The van der Waals surface area contributed by atoms with Gasteiger partial charge in [0.25, 0.3) is 5.91 Å². The molecule has 1 aliphatic rings. The molecule has 29 heavy (non-hydrogen) atoms. The summed E-state index contributed by atoms with van der Waals surface area (Å²) in [6.45, 7) is 4.75. The number of ether oxygens (including phenoxy) is 1. The molecule has 1 fully saturated rings. The fourth-order valence-corrected chi connectivity index (χ4v) is 5.16. The highest BCUT2D eigenvalue weighted by Gasteiger charge is 2.27. The molecule has 1 aliphatic carbocycles. The molecule has 1 aromatic carbocycles. The number of benzene rings is 1. The number of hydrogen-bond acceptors (Lipinski definition) is 5. The second-order valence-electron chi connectivity index (χ2n) is 6.98. The summed E-state index contributed by atoms with van der Waals surface area (Å²) >= 11 is 0. The average Bonchev–Trinajstić information content (AvgIpc) is 3.26. The first-order chi connectivity index (χ1) is 13.8. The summed E-state index contributed by atoms with van der Waals surface area (Å²) in [4.78, 5) is 24.4. The molecular formula is C20H31N3O5S. The summed E-state index contributed by atoms with van der Waals surface area (Å²) in [5.74, 6) is -0.0926. The zero-order valence-corrected chi connectivity index (χ0v) is 18.2. The van der Waals surface area contributed by atoms with Crippen LogP contribution in [0.4, 0.5) is 0 Å².